The molecule has 0 saturated heterocycles. The van der Waals surface area contributed by atoms with E-state index < -0.39 is 17.8 Å². The molecule has 0 fully saturated rings. The second-order valence-corrected chi connectivity index (χ2v) is 8.44. The lowest BCUT2D eigenvalue weighted by molar-refractivity contribution is 0.0513. The molecule has 0 bridgehead atoms. The Labute approximate surface area is 189 Å². The average Bonchev–Trinajstić information content (AvgIpc) is 2.96. The molecule has 0 spiro atoms. The largest absolute Gasteiger partial charge is 0.461 e. The van der Waals surface area contributed by atoms with Crippen LogP contribution in [0.5, 0.6) is 0 Å². The van der Waals surface area contributed by atoms with Crippen molar-refractivity contribution in [3.05, 3.63) is 58.2 Å². The summed E-state index contributed by atoms with van der Waals surface area (Å²) in [6.45, 7) is 11.6. The summed E-state index contributed by atoms with van der Waals surface area (Å²) in [5.74, 6) is -1.16. The first-order valence-corrected chi connectivity index (χ1v) is 10.9. The van der Waals surface area contributed by atoms with Gasteiger partial charge in [0.15, 0.2) is 5.78 Å². The van der Waals surface area contributed by atoms with Gasteiger partial charge in [0.2, 0.25) is 0 Å². The van der Waals surface area contributed by atoms with Crippen LogP contribution in [0.15, 0.2) is 24.3 Å². The zero-order valence-corrected chi connectivity index (χ0v) is 20.0. The Morgan fingerprint density at radius 3 is 2.22 bits per heavy atom. The molecule has 0 aliphatic rings. The number of nitrogens with zero attached hydrogens (tertiary/aromatic N) is 2. The number of amides is 1. The highest BCUT2D eigenvalue weighted by molar-refractivity contribution is 6.07. The number of esters is 1. The van der Waals surface area contributed by atoms with Crippen LogP contribution in [0.1, 0.15) is 76.6 Å². The van der Waals surface area contributed by atoms with Crippen molar-refractivity contribution in [2.75, 3.05) is 13.2 Å². The number of carbonyl (C=O) groups is 3. The van der Waals surface area contributed by atoms with Crippen LogP contribution in [0.4, 0.5) is 4.39 Å². The molecule has 174 valence electrons. The third-order valence-corrected chi connectivity index (χ3v) is 5.79. The maximum atomic E-state index is 13.6. The fourth-order valence-corrected chi connectivity index (χ4v) is 3.81. The summed E-state index contributed by atoms with van der Waals surface area (Å²) in [4.78, 5) is 40.8. The standard InChI is InChI=1S/C25H33FN2O4/c1-8-32-25(31)22-16(4)21(17(5)27(22)7)23(29)18(6)28(14-13-15(2)3)24(30)19-9-11-20(26)12-10-19/h9-12,15,18H,8,13-14H2,1-7H3/t18-/m0/s1. The van der Waals surface area contributed by atoms with Crippen LogP contribution >= 0.6 is 0 Å². The van der Waals surface area contributed by atoms with Crippen LogP contribution in [0, 0.1) is 25.6 Å². The summed E-state index contributed by atoms with van der Waals surface area (Å²) < 4.78 is 20.2. The van der Waals surface area contributed by atoms with Crippen LogP contribution in [0.2, 0.25) is 0 Å². The van der Waals surface area contributed by atoms with Gasteiger partial charge in [0, 0.05) is 30.4 Å². The molecule has 6 nitrogen and oxygen atoms in total. The van der Waals surface area contributed by atoms with Crippen LogP contribution in [-0.2, 0) is 11.8 Å². The normalized spacial score (nSPS) is 12.0. The third kappa shape index (κ3) is 5.26. The maximum Gasteiger partial charge on any atom is 0.355 e. The molecule has 1 aromatic heterocycles. The smallest absolute Gasteiger partial charge is 0.355 e. The molecule has 32 heavy (non-hydrogen) atoms. The topological polar surface area (TPSA) is 68.6 Å². The summed E-state index contributed by atoms with van der Waals surface area (Å²) in [6, 6.07) is 4.56. The predicted octanol–water partition coefficient (Wildman–Crippen LogP) is 4.72. The molecule has 1 heterocycles. The molecule has 0 unspecified atom stereocenters. The van der Waals surface area contributed by atoms with Gasteiger partial charge in [-0.1, -0.05) is 13.8 Å². The lowest BCUT2D eigenvalue weighted by atomic mass is 9.98. The van der Waals surface area contributed by atoms with Crippen molar-refractivity contribution in [3.8, 4) is 0 Å². The van der Waals surface area contributed by atoms with Gasteiger partial charge in [0.25, 0.3) is 5.91 Å². The SMILES string of the molecule is CCOC(=O)c1c(C)c(C(=O)[C@H](C)N(CCC(C)C)C(=O)c2ccc(F)cc2)c(C)n1C. The number of halogens is 1. The van der Waals surface area contributed by atoms with Gasteiger partial charge in [-0.3, -0.25) is 9.59 Å². The number of hydrogen-bond acceptors (Lipinski definition) is 4. The number of rotatable bonds is 9. The highest BCUT2D eigenvalue weighted by Gasteiger charge is 2.32. The van der Waals surface area contributed by atoms with E-state index in [1.165, 1.54) is 29.2 Å². The quantitative estimate of drug-likeness (QED) is 0.415. The molecule has 1 amide bonds. The molecule has 0 radical (unpaired) electrons. The fraction of sp³-hybridized carbons (Fsp3) is 0.480. The molecule has 1 aromatic carbocycles. The van der Waals surface area contributed by atoms with Gasteiger partial charge in [-0.15, -0.1) is 0 Å². The molecule has 0 aliphatic heterocycles. The Morgan fingerprint density at radius 1 is 1.09 bits per heavy atom. The average molecular weight is 445 g/mol. The number of hydrogen-bond donors (Lipinski definition) is 0. The maximum absolute atomic E-state index is 13.6. The Hall–Kier alpha value is -2.96. The lowest BCUT2D eigenvalue weighted by Gasteiger charge is -2.29. The van der Waals surface area contributed by atoms with Gasteiger partial charge >= 0.3 is 5.97 Å². The van der Waals surface area contributed by atoms with Gasteiger partial charge in [-0.2, -0.15) is 0 Å². The minimum Gasteiger partial charge on any atom is -0.461 e. The number of ketones is 1. The van der Waals surface area contributed by atoms with Crippen LogP contribution in [0.25, 0.3) is 0 Å². The minimum absolute atomic E-state index is 0.233. The van der Waals surface area contributed by atoms with Crippen molar-refractivity contribution in [2.45, 2.75) is 54.0 Å². The van der Waals surface area contributed by atoms with Gasteiger partial charge < -0.3 is 14.2 Å². The van der Waals surface area contributed by atoms with Crippen molar-refractivity contribution in [1.82, 2.24) is 9.47 Å². The molecule has 7 heteroatoms. The Balaban J connectivity index is 2.45. The van der Waals surface area contributed by atoms with E-state index in [4.69, 9.17) is 4.74 Å². The Kier molecular flexibility index (Phi) is 8.36. The van der Waals surface area contributed by atoms with Crippen LogP contribution in [0.3, 0.4) is 0 Å². The first-order chi connectivity index (χ1) is 15.0. The molecule has 2 aromatic rings. The van der Waals surface area contributed by atoms with E-state index in [2.05, 4.69) is 0 Å². The van der Waals surface area contributed by atoms with E-state index in [1.54, 1.807) is 39.3 Å². The molecular formula is C25H33FN2O4. The van der Waals surface area contributed by atoms with Crippen molar-refractivity contribution < 1.29 is 23.5 Å². The number of ether oxygens (including phenoxy) is 1. The van der Waals surface area contributed by atoms with Crippen LogP contribution in [-0.4, -0.2) is 46.3 Å². The van der Waals surface area contributed by atoms with Gasteiger partial charge in [0.05, 0.1) is 12.6 Å². The molecule has 1 atom stereocenters. The number of aromatic nitrogens is 1. The Bertz CT molecular complexity index is 992. The number of Topliss-reactive ketones (excluding diaryl/α,β-unsaturated/α-hetero) is 1. The van der Waals surface area contributed by atoms with Crippen molar-refractivity contribution in [3.63, 3.8) is 0 Å². The highest BCUT2D eigenvalue weighted by Crippen LogP contribution is 2.25. The van der Waals surface area contributed by atoms with E-state index in [-0.39, 0.29) is 18.3 Å². The predicted molar refractivity (Wildman–Crippen MR) is 122 cm³/mol. The van der Waals surface area contributed by atoms with Crippen molar-refractivity contribution in [2.24, 2.45) is 13.0 Å². The highest BCUT2D eigenvalue weighted by atomic mass is 19.1. The second-order valence-electron chi connectivity index (χ2n) is 8.44. The number of carbonyl (C=O) groups excluding carboxylic acids is 3. The lowest BCUT2D eigenvalue weighted by Crippen LogP contribution is -2.44. The summed E-state index contributed by atoms with van der Waals surface area (Å²) in [7, 11) is 1.72. The third-order valence-electron chi connectivity index (χ3n) is 5.79. The molecule has 0 saturated carbocycles. The molecular weight excluding hydrogens is 411 g/mol. The first-order valence-electron chi connectivity index (χ1n) is 10.9. The van der Waals surface area contributed by atoms with Crippen molar-refractivity contribution >= 4 is 17.7 Å². The first kappa shape index (κ1) is 25.3. The van der Waals surface area contributed by atoms with Crippen molar-refractivity contribution in [1.29, 1.82) is 0 Å². The summed E-state index contributed by atoms with van der Waals surface area (Å²) >= 11 is 0. The second kappa shape index (κ2) is 10.6. The molecule has 2 rings (SSSR count). The summed E-state index contributed by atoms with van der Waals surface area (Å²) in [6.07, 6.45) is 0.714. The van der Waals surface area contributed by atoms with E-state index >= 15 is 0 Å². The van der Waals surface area contributed by atoms with E-state index in [1.807, 2.05) is 13.8 Å². The van der Waals surface area contributed by atoms with E-state index in [0.717, 1.165) is 0 Å². The zero-order chi connectivity index (χ0) is 24.2. The zero-order valence-electron chi connectivity index (χ0n) is 20.0. The summed E-state index contributed by atoms with van der Waals surface area (Å²) in [5.41, 5.74) is 2.25. The summed E-state index contributed by atoms with van der Waals surface area (Å²) in [5, 5.41) is 0. The van der Waals surface area contributed by atoms with Gasteiger partial charge in [0.1, 0.15) is 11.5 Å². The van der Waals surface area contributed by atoms with Gasteiger partial charge in [-0.05, 0) is 69.9 Å². The van der Waals surface area contributed by atoms with E-state index in [0.29, 0.717) is 47.0 Å². The van der Waals surface area contributed by atoms with Crippen LogP contribution < -0.4 is 0 Å². The number of benzene rings is 1. The Morgan fingerprint density at radius 2 is 1.69 bits per heavy atom. The molecule has 0 N–H and O–H groups in total. The molecule has 0 aliphatic carbocycles. The monoisotopic (exact) mass is 444 g/mol. The minimum atomic E-state index is -0.763. The van der Waals surface area contributed by atoms with Gasteiger partial charge in [-0.25, -0.2) is 9.18 Å². The van der Waals surface area contributed by atoms with E-state index in [9.17, 15) is 18.8 Å². The fourth-order valence-electron chi connectivity index (χ4n) is 3.81.